The molecule has 0 atom stereocenters. The van der Waals surface area contributed by atoms with Crippen LogP contribution in [0.2, 0.25) is 0 Å². The van der Waals surface area contributed by atoms with Crippen molar-refractivity contribution in [1.82, 2.24) is 5.32 Å². The molecule has 0 spiro atoms. The van der Waals surface area contributed by atoms with Crippen molar-refractivity contribution in [3.05, 3.63) is 35.4 Å². The molecular formula is C13H19NO4S. The second kappa shape index (κ2) is 7.25. The number of sulfone groups is 1. The van der Waals surface area contributed by atoms with Gasteiger partial charge in [-0.25, -0.2) is 8.42 Å². The van der Waals surface area contributed by atoms with E-state index in [-0.39, 0.29) is 17.9 Å². The van der Waals surface area contributed by atoms with E-state index in [0.29, 0.717) is 13.1 Å². The molecule has 0 saturated heterocycles. The summed E-state index contributed by atoms with van der Waals surface area (Å²) < 4.78 is 22.6. The minimum absolute atomic E-state index is 0.0227. The first kappa shape index (κ1) is 15.7. The second-order valence-corrected chi connectivity index (χ2v) is 6.73. The molecule has 1 rings (SSSR count). The third-order valence-electron chi connectivity index (χ3n) is 2.81. The molecule has 0 aliphatic carbocycles. The molecule has 0 bridgehead atoms. The van der Waals surface area contributed by atoms with Gasteiger partial charge in [-0.2, -0.15) is 0 Å². The van der Waals surface area contributed by atoms with Crippen molar-refractivity contribution in [2.24, 2.45) is 0 Å². The Labute approximate surface area is 113 Å². The van der Waals surface area contributed by atoms with Crippen LogP contribution in [0.15, 0.2) is 24.3 Å². The minimum Gasteiger partial charge on any atom is -0.481 e. The summed E-state index contributed by atoms with van der Waals surface area (Å²) in [6.07, 6.45) is -0.0227. The van der Waals surface area contributed by atoms with Gasteiger partial charge in [0.2, 0.25) is 0 Å². The fourth-order valence-corrected chi connectivity index (χ4v) is 2.40. The average molecular weight is 285 g/mol. The number of rotatable bonds is 8. The van der Waals surface area contributed by atoms with E-state index in [1.165, 1.54) is 0 Å². The van der Waals surface area contributed by atoms with E-state index in [1.54, 1.807) is 19.1 Å². The van der Waals surface area contributed by atoms with Crippen LogP contribution in [0.3, 0.4) is 0 Å². The summed E-state index contributed by atoms with van der Waals surface area (Å²) in [4.78, 5) is 10.7. The summed E-state index contributed by atoms with van der Waals surface area (Å²) in [5.41, 5.74) is 1.64. The predicted octanol–water partition coefficient (Wildman–Crippen LogP) is 0.838. The fourth-order valence-electron chi connectivity index (χ4n) is 1.66. The van der Waals surface area contributed by atoms with Gasteiger partial charge >= 0.3 is 5.97 Å². The Bertz CT molecular complexity index is 525. The maximum Gasteiger partial charge on any atom is 0.307 e. The fraction of sp³-hybridized carbons (Fsp3) is 0.462. The first-order valence-electron chi connectivity index (χ1n) is 6.14. The monoisotopic (exact) mass is 285 g/mol. The molecule has 0 aliphatic heterocycles. The largest absolute Gasteiger partial charge is 0.481 e. The van der Waals surface area contributed by atoms with Crippen LogP contribution >= 0.6 is 0 Å². The summed E-state index contributed by atoms with van der Waals surface area (Å²) in [6, 6.07) is 7.25. The topological polar surface area (TPSA) is 83.5 Å². The zero-order valence-corrected chi connectivity index (χ0v) is 11.7. The summed E-state index contributed by atoms with van der Waals surface area (Å²) in [5, 5.41) is 11.8. The highest BCUT2D eigenvalue weighted by Gasteiger charge is 2.08. The number of hydrogen-bond acceptors (Lipinski definition) is 4. The quantitative estimate of drug-likeness (QED) is 0.691. The summed E-state index contributed by atoms with van der Waals surface area (Å²) in [6.45, 7) is 2.47. The Morgan fingerprint density at radius 1 is 1.26 bits per heavy atom. The number of hydrogen-bond donors (Lipinski definition) is 2. The number of carboxylic acids is 1. The van der Waals surface area contributed by atoms with Gasteiger partial charge in [0.05, 0.1) is 12.2 Å². The molecule has 0 unspecified atom stereocenters. The van der Waals surface area contributed by atoms with Crippen LogP contribution in [-0.2, 0) is 27.6 Å². The SMILES string of the molecule is CCS(=O)(=O)CCNCc1ccccc1CC(=O)O. The molecule has 5 nitrogen and oxygen atoms in total. The van der Waals surface area contributed by atoms with Gasteiger partial charge in [-0.3, -0.25) is 4.79 Å². The normalized spacial score (nSPS) is 11.4. The third-order valence-corrected chi connectivity index (χ3v) is 4.51. The van der Waals surface area contributed by atoms with E-state index < -0.39 is 15.8 Å². The first-order valence-corrected chi connectivity index (χ1v) is 7.96. The summed E-state index contributed by atoms with van der Waals surface area (Å²) in [7, 11) is -2.96. The molecule has 2 N–H and O–H groups in total. The lowest BCUT2D eigenvalue weighted by Gasteiger charge is -2.09. The third kappa shape index (κ3) is 5.85. The highest BCUT2D eigenvalue weighted by Crippen LogP contribution is 2.09. The standard InChI is InChI=1S/C13H19NO4S/c1-2-19(17,18)8-7-14-10-12-6-4-3-5-11(12)9-13(15)16/h3-6,14H,2,7-10H2,1H3,(H,15,16). The highest BCUT2D eigenvalue weighted by molar-refractivity contribution is 7.91. The number of carbonyl (C=O) groups is 1. The lowest BCUT2D eigenvalue weighted by molar-refractivity contribution is -0.136. The predicted molar refractivity (Wildman–Crippen MR) is 73.8 cm³/mol. The van der Waals surface area contributed by atoms with E-state index in [2.05, 4.69) is 5.32 Å². The smallest absolute Gasteiger partial charge is 0.307 e. The van der Waals surface area contributed by atoms with Crippen LogP contribution < -0.4 is 5.32 Å². The van der Waals surface area contributed by atoms with Crippen LogP contribution in [0.25, 0.3) is 0 Å². The van der Waals surface area contributed by atoms with Crippen molar-refractivity contribution in [2.45, 2.75) is 19.9 Å². The Hall–Kier alpha value is -1.40. The molecule has 0 amide bonds. The zero-order chi connectivity index (χ0) is 14.3. The van der Waals surface area contributed by atoms with E-state index >= 15 is 0 Å². The van der Waals surface area contributed by atoms with Gasteiger partial charge in [0.25, 0.3) is 0 Å². The minimum atomic E-state index is -2.96. The molecule has 19 heavy (non-hydrogen) atoms. The van der Waals surface area contributed by atoms with Crippen molar-refractivity contribution >= 4 is 15.8 Å². The van der Waals surface area contributed by atoms with E-state index in [4.69, 9.17) is 5.11 Å². The molecule has 0 fully saturated rings. The molecule has 0 aromatic heterocycles. The van der Waals surface area contributed by atoms with E-state index in [0.717, 1.165) is 11.1 Å². The number of nitrogens with one attached hydrogen (secondary N) is 1. The van der Waals surface area contributed by atoms with Gasteiger partial charge in [0.15, 0.2) is 9.84 Å². The van der Waals surface area contributed by atoms with Crippen molar-refractivity contribution in [3.63, 3.8) is 0 Å². The molecule has 0 radical (unpaired) electrons. The Morgan fingerprint density at radius 2 is 1.89 bits per heavy atom. The Morgan fingerprint density at radius 3 is 2.47 bits per heavy atom. The molecule has 1 aromatic rings. The zero-order valence-electron chi connectivity index (χ0n) is 10.9. The number of carboxylic acid groups (broad SMARTS) is 1. The number of benzene rings is 1. The van der Waals surface area contributed by atoms with Gasteiger partial charge in [-0.1, -0.05) is 31.2 Å². The summed E-state index contributed by atoms with van der Waals surface area (Å²) in [5.74, 6) is -0.629. The molecule has 106 valence electrons. The molecule has 0 saturated carbocycles. The Kier molecular flexibility index (Phi) is 5.98. The lowest BCUT2D eigenvalue weighted by Crippen LogP contribution is -2.24. The molecular weight excluding hydrogens is 266 g/mol. The van der Waals surface area contributed by atoms with Gasteiger partial charge in [0, 0.05) is 18.8 Å². The van der Waals surface area contributed by atoms with Gasteiger partial charge < -0.3 is 10.4 Å². The van der Waals surface area contributed by atoms with Crippen LogP contribution in [0, 0.1) is 0 Å². The van der Waals surface area contributed by atoms with Crippen molar-refractivity contribution in [3.8, 4) is 0 Å². The highest BCUT2D eigenvalue weighted by atomic mass is 32.2. The first-order chi connectivity index (χ1) is 8.94. The maximum absolute atomic E-state index is 11.3. The molecule has 1 aromatic carbocycles. The van der Waals surface area contributed by atoms with Gasteiger partial charge in [0.1, 0.15) is 0 Å². The van der Waals surface area contributed by atoms with Crippen molar-refractivity contribution in [2.75, 3.05) is 18.1 Å². The number of aliphatic carboxylic acids is 1. The maximum atomic E-state index is 11.3. The Balaban J connectivity index is 2.51. The molecule has 6 heteroatoms. The lowest BCUT2D eigenvalue weighted by atomic mass is 10.0. The van der Waals surface area contributed by atoms with Crippen LogP contribution in [0.1, 0.15) is 18.1 Å². The van der Waals surface area contributed by atoms with Crippen molar-refractivity contribution in [1.29, 1.82) is 0 Å². The van der Waals surface area contributed by atoms with Crippen LogP contribution in [0.5, 0.6) is 0 Å². The summed E-state index contributed by atoms with van der Waals surface area (Å²) >= 11 is 0. The van der Waals surface area contributed by atoms with E-state index in [9.17, 15) is 13.2 Å². The average Bonchev–Trinajstić information content (AvgIpc) is 2.36. The second-order valence-electron chi connectivity index (χ2n) is 4.25. The molecule has 0 aliphatic rings. The van der Waals surface area contributed by atoms with Crippen molar-refractivity contribution < 1.29 is 18.3 Å². The van der Waals surface area contributed by atoms with Crippen LogP contribution in [0.4, 0.5) is 0 Å². The van der Waals surface area contributed by atoms with E-state index in [1.807, 2.05) is 12.1 Å². The van der Waals surface area contributed by atoms with Gasteiger partial charge in [-0.15, -0.1) is 0 Å². The van der Waals surface area contributed by atoms with Gasteiger partial charge in [-0.05, 0) is 11.1 Å². The van der Waals surface area contributed by atoms with Crippen LogP contribution in [-0.4, -0.2) is 37.5 Å². The molecule has 0 heterocycles.